The summed E-state index contributed by atoms with van der Waals surface area (Å²) in [5, 5.41) is 13.5. The molecule has 0 aliphatic heterocycles. The van der Waals surface area contributed by atoms with Gasteiger partial charge in [-0.05, 0) is 31.0 Å². The molecule has 0 aliphatic rings. The molecule has 2 rings (SSSR count). The molecule has 0 saturated carbocycles. The van der Waals surface area contributed by atoms with Gasteiger partial charge in [0.05, 0.1) is 4.92 Å². The summed E-state index contributed by atoms with van der Waals surface area (Å²) in [5.74, 6) is 0.452. The Bertz CT molecular complexity index is 701. The number of nitrogens with zero attached hydrogens (tertiary/aromatic N) is 1. The predicted octanol–water partition coefficient (Wildman–Crippen LogP) is 3.67. The number of carbonyl (C=O) groups excluding carboxylic acids is 1. The van der Waals surface area contributed by atoms with E-state index in [4.69, 9.17) is 4.74 Å². The Kier molecular flexibility index (Phi) is 6.51. The van der Waals surface area contributed by atoms with Crippen molar-refractivity contribution in [3.8, 4) is 5.75 Å². The monoisotopic (exact) mass is 342 g/mol. The van der Waals surface area contributed by atoms with Crippen LogP contribution >= 0.6 is 0 Å². The molecule has 1 amide bonds. The zero-order chi connectivity index (χ0) is 18.2. The summed E-state index contributed by atoms with van der Waals surface area (Å²) < 4.78 is 5.55. The Hall–Kier alpha value is -2.89. The third kappa shape index (κ3) is 5.31. The highest BCUT2D eigenvalue weighted by Crippen LogP contribution is 2.19. The van der Waals surface area contributed by atoms with Gasteiger partial charge >= 0.3 is 0 Å². The van der Waals surface area contributed by atoms with E-state index in [1.54, 1.807) is 6.92 Å². The lowest BCUT2D eigenvalue weighted by Crippen LogP contribution is -2.38. The second-order valence-electron chi connectivity index (χ2n) is 5.77. The standard InChI is InChI=1S/C19H22N2O4/c1-3-15(16-7-5-4-6-8-16)13-20-19(22)14(2)25-18-11-9-17(10-12-18)21(23)24/h4-12,14-15H,3,13H2,1-2H3,(H,20,22)/t14-,15+/m0/s1. The van der Waals surface area contributed by atoms with Gasteiger partial charge in [-0.3, -0.25) is 14.9 Å². The van der Waals surface area contributed by atoms with Crippen LogP contribution in [-0.2, 0) is 4.79 Å². The second-order valence-corrected chi connectivity index (χ2v) is 5.77. The van der Waals surface area contributed by atoms with Crippen LogP contribution < -0.4 is 10.1 Å². The topological polar surface area (TPSA) is 81.5 Å². The first-order chi connectivity index (χ1) is 12.0. The van der Waals surface area contributed by atoms with Crippen molar-refractivity contribution in [2.24, 2.45) is 0 Å². The lowest BCUT2D eigenvalue weighted by atomic mass is 9.96. The third-order valence-corrected chi connectivity index (χ3v) is 4.02. The van der Waals surface area contributed by atoms with Crippen molar-refractivity contribution in [3.05, 3.63) is 70.3 Å². The number of nitrogens with one attached hydrogen (secondary N) is 1. The summed E-state index contributed by atoms with van der Waals surface area (Å²) in [6, 6.07) is 15.7. The molecule has 6 nitrogen and oxygen atoms in total. The summed E-state index contributed by atoms with van der Waals surface area (Å²) in [6.45, 7) is 4.27. The van der Waals surface area contributed by atoms with Crippen molar-refractivity contribution in [1.29, 1.82) is 0 Å². The van der Waals surface area contributed by atoms with E-state index in [1.165, 1.54) is 29.8 Å². The van der Waals surface area contributed by atoms with E-state index >= 15 is 0 Å². The van der Waals surface area contributed by atoms with Crippen LogP contribution in [0.5, 0.6) is 5.75 Å². The van der Waals surface area contributed by atoms with E-state index in [1.807, 2.05) is 18.2 Å². The van der Waals surface area contributed by atoms with Crippen LogP contribution in [-0.4, -0.2) is 23.5 Å². The normalized spacial score (nSPS) is 12.9. The molecule has 0 unspecified atom stereocenters. The lowest BCUT2D eigenvalue weighted by molar-refractivity contribution is -0.384. The Morgan fingerprint density at radius 3 is 2.36 bits per heavy atom. The van der Waals surface area contributed by atoms with Gasteiger partial charge in [0.15, 0.2) is 6.10 Å². The molecule has 0 radical (unpaired) electrons. The van der Waals surface area contributed by atoms with Gasteiger partial charge in [-0.2, -0.15) is 0 Å². The number of benzene rings is 2. The third-order valence-electron chi connectivity index (χ3n) is 4.02. The predicted molar refractivity (Wildman–Crippen MR) is 95.7 cm³/mol. The van der Waals surface area contributed by atoms with E-state index in [9.17, 15) is 14.9 Å². The summed E-state index contributed by atoms with van der Waals surface area (Å²) in [7, 11) is 0. The van der Waals surface area contributed by atoms with Crippen molar-refractivity contribution in [2.45, 2.75) is 32.3 Å². The second kappa shape index (κ2) is 8.82. The number of hydrogen-bond acceptors (Lipinski definition) is 4. The van der Waals surface area contributed by atoms with Crippen molar-refractivity contribution in [2.75, 3.05) is 6.54 Å². The van der Waals surface area contributed by atoms with Gasteiger partial charge in [0.1, 0.15) is 5.75 Å². The van der Waals surface area contributed by atoms with Gasteiger partial charge < -0.3 is 10.1 Å². The Morgan fingerprint density at radius 1 is 1.16 bits per heavy atom. The SMILES string of the molecule is CC[C@H](CNC(=O)[C@H](C)Oc1ccc([N+](=O)[O-])cc1)c1ccccc1. The quantitative estimate of drug-likeness (QED) is 0.586. The van der Waals surface area contributed by atoms with E-state index in [0.29, 0.717) is 12.3 Å². The van der Waals surface area contributed by atoms with E-state index in [0.717, 1.165) is 6.42 Å². The molecular formula is C19H22N2O4. The van der Waals surface area contributed by atoms with Crippen molar-refractivity contribution in [1.82, 2.24) is 5.32 Å². The van der Waals surface area contributed by atoms with E-state index < -0.39 is 11.0 Å². The average Bonchev–Trinajstić information content (AvgIpc) is 2.63. The fourth-order valence-electron chi connectivity index (χ4n) is 2.49. The first kappa shape index (κ1) is 18.4. The number of carbonyl (C=O) groups is 1. The van der Waals surface area contributed by atoms with Gasteiger partial charge in [0, 0.05) is 24.6 Å². The number of nitro benzene ring substituents is 1. The van der Waals surface area contributed by atoms with E-state index in [-0.39, 0.29) is 17.5 Å². The van der Waals surface area contributed by atoms with Gasteiger partial charge in [0.25, 0.3) is 11.6 Å². The molecule has 0 spiro atoms. The first-order valence-corrected chi connectivity index (χ1v) is 8.25. The number of rotatable bonds is 8. The number of ether oxygens (including phenoxy) is 1. The summed E-state index contributed by atoms with van der Waals surface area (Å²) in [4.78, 5) is 22.4. The Morgan fingerprint density at radius 2 is 1.80 bits per heavy atom. The van der Waals surface area contributed by atoms with Crippen LogP contribution in [0.3, 0.4) is 0 Å². The highest BCUT2D eigenvalue weighted by molar-refractivity contribution is 5.80. The number of amides is 1. The first-order valence-electron chi connectivity index (χ1n) is 8.25. The molecule has 0 bridgehead atoms. The van der Waals surface area contributed by atoms with E-state index in [2.05, 4.69) is 24.4 Å². The van der Waals surface area contributed by atoms with Crippen LogP contribution in [0.1, 0.15) is 31.7 Å². The molecular weight excluding hydrogens is 320 g/mol. The van der Waals surface area contributed by atoms with Gasteiger partial charge in [-0.25, -0.2) is 0 Å². The number of hydrogen-bond donors (Lipinski definition) is 1. The molecule has 2 aromatic rings. The minimum atomic E-state index is -0.685. The lowest BCUT2D eigenvalue weighted by Gasteiger charge is -2.19. The molecule has 0 heterocycles. The van der Waals surface area contributed by atoms with Gasteiger partial charge in [0.2, 0.25) is 0 Å². The largest absolute Gasteiger partial charge is 0.481 e. The number of nitro groups is 1. The molecule has 25 heavy (non-hydrogen) atoms. The summed E-state index contributed by atoms with van der Waals surface area (Å²) in [6.07, 6.45) is 0.233. The molecule has 0 fully saturated rings. The van der Waals surface area contributed by atoms with Gasteiger partial charge in [-0.15, -0.1) is 0 Å². The smallest absolute Gasteiger partial charge is 0.269 e. The maximum Gasteiger partial charge on any atom is 0.269 e. The van der Waals surface area contributed by atoms with Crippen LogP contribution in [0.25, 0.3) is 0 Å². The zero-order valence-corrected chi connectivity index (χ0v) is 14.3. The van der Waals surface area contributed by atoms with Crippen LogP contribution in [0.4, 0.5) is 5.69 Å². The molecule has 132 valence electrons. The summed E-state index contributed by atoms with van der Waals surface area (Å²) >= 11 is 0. The average molecular weight is 342 g/mol. The summed E-state index contributed by atoms with van der Waals surface area (Å²) in [5.41, 5.74) is 1.17. The fraction of sp³-hybridized carbons (Fsp3) is 0.316. The maximum absolute atomic E-state index is 12.2. The highest BCUT2D eigenvalue weighted by atomic mass is 16.6. The van der Waals surface area contributed by atoms with Crippen LogP contribution in [0, 0.1) is 10.1 Å². The molecule has 0 aromatic heterocycles. The molecule has 2 atom stereocenters. The molecule has 2 aromatic carbocycles. The van der Waals surface area contributed by atoms with Gasteiger partial charge in [-0.1, -0.05) is 37.3 Å². The van der Waals surface area contributed by atoms with Crippen molar-refractivity contribution < 1.29 is 14.5 Å². The highest BCUT2D eigenvalue weighted by Gasteiger charge is 2.17. The minimum Gasteiger partial charge on any atom is -0.481 e. The zero-order valence-electron chi connectivity index (χ0n) is 14.3. The molecule has 0 saturated heterocycles. The maximum atomic E-state index is 12.2. The molecule has 6 heteroatoms. The number of non-ortho nitro benzene ring substituents is 1. The van der Waals surface area contributed by atoms with Crippen molar-refractivity contribution >= 4 is 11.6 Å². The van der Waals surface area contributed by atoms with Crippen LogP contribution in [0.15, 0.2) is 54.6 Å². The van der Waals surface area contributed by atoms with Crippen molar-refractivity contribution in [3.63, 3.8) is 0 Å². The molecule has 0 aliphatic carbocycles. The van der Waals surface area contributed by atoms with Crippen LogP contribution in [0.2, 0.25) is 0 Å². The molecule has 1 N–H and O–H groups in total. The Balaban J connectivity index is 1.88. The Labute approximate surface area is 147 Å². The fourth-order valence-corrected chi connectivity index (χ4v) is 2.49. The minimum absolute atomic E-state index is 0.0156.